The maximum Gasteiger partial charge on any atom is 0.258 e. The molecule has 0 radical (unpaired) electrons. The monoisotopic (exact) mass is 245 g/mol. The molecule has 0 aliphatic heterocycles. The summed E-state index contributed by atoms with van der Waals surface area (Å²) in [6.07, 6.45) is 3.04. The Hall–Kier alpha value is -1.88. The summed E-state index contributed by atoms with van der Waals surface area (Å²) >= 11 is 0. The molecule has 0 bridgehead atoms. The predicted molar refractivity (Wildman–Crippen MR) is 66.7 cm³/mol. The van der Waals surface area contributed by atoms with Crippen LogP contribution in [-0.4, -0.2) is 17.3 Å². The number of rotatable bonds is 3. The summed E-state index contributed by atoms with van der Waals surface area (Å²) in [7, 11) is 1.69. The van der Waals surface area contributed by atoms with Gasteiger partial charge in [0.25, 0.3) is 5.89 Å². The number of methoxy groups -OCH3 is 1. The molecule has 1 heterocycles. The van der Waals surface area contributed by atoms with Crippen LogP contribution in [0.25, 0.3) is 11.5 Å². The number of benzene rings is 1. The lowest BCUT2D eigenvalue weighted by Crippen LogP contribution is -2.37. The van der Waals surface area contributed by atoms with Crippen LogP contribution in [0, 0.1) is 0 Å². The highest BCUT2D eigenvalue weighted by atomic mass is 16.5. The Labute approximate surface area is 105 Å². The number of nitrogen functional groups attached to an aromatic ring is 1. The molecule has 0 spiro atoms. The molecule has 1 aliphatic rings. The molecule has 5 heteroatoms. The smallest absolute Gasteiger partial charge is 0.258 e. The average Bonchev–Trinajstić information content (AvgIpc) is 2.79. The largest absolute Gasteiger partial charge is 0.399 e. The van der Waals surface area contributed by atoms with E-state index in [9.17, 15) is 0 Å². The molecule has 18 heavy (non-hydrogen) atoms. The van der Waals surface area contributed by atoms with Gasteiger partial charge in [0.1, 0.15) is 5.60 Å². The van der Waals surface area contributed by atoms with Crippen molar-refractivity contribution < 1.29 is 9.26 Å². The van der Waals surface area contributed by atoms with Gasteiger partial charge in [0.2, 0.25) is 5.82 Å². The van der Waals surface area contributed by atoms with Crippen molar-refractivity contribution in [3.63, 3.8) is 0 Å². The van der Waals surface area contributed by atoms with Gasteiger partial charge in [-0.05, 0) is 43.5 Å². The molecule has 5 nitrogen and oxygen atoms in total. The van der Waals surface area contributed by atoms with E-state index >= 15 is 0 Å². The Morgan fingerprint density at radius 3 is 2.56 bits per heavy atom. The molecular formula is C13H15N3O2. The van der Waals surface area contributed by atoms with E-state index < -0.39 is 0 Å². The number of ether oxygens (including phenoxy) is 1. The van der Waals surface area contributed by atoms with Gasteiger partial charge in [-0.15, -0.1) is 0 Å². The summed E-state index contributed by atoms with van der Waals surface area (Å²) in [4.78, 5) is 4.43. The lowest BCUT2D eigenvalue weighted by molar-refractivity contribution is -0.0858. The van der Waals surface area contributed by atoms with Crippen LogP contribution in [0.1, 0.15) is 25.1 Å². The molecule has 0 atom stereocenters. The standard InChI is InChI=1S/C13H15N3O2/c1-17-13(7-2-8-13)12-15-11(18-16-12)9-3-5-10(14)6-4-9/h3-6H,2,7-8,14H2,1H3. The fourth-order valence-electron chi connectivity index (χ4n) is 2.17. The minimum Gasteiger partial charge on any atom is -0.399 e. The van der Waals surface area contributed by atoms with Crippen molar-refractivity contribution in [3.8, 4) is 11.5 Å². The number of nitrogens with zero attached hydrogens (tertiary/aromatic N) is 2. The molecule has 1 saturated carbocycles. The molecular weight excluding hydrogens is 230 g/mol. The van der Waals surface area contributed by atoms with Crippen LogP contribution in [0.2, 0.25) is 0 Å². The first-order valence-electron chi connectivity index (χ1n) is 5.99. The Morgan fingerprint density at radius 2 is 2.00 bits per heavy atom. The molecule has 2 N–H and O–H groups in total. The van der Waals surface area contributed by atoms with E-state index in [1.54, 1.807) is 7.11 Å². The van der Waals surface area contributed by atoms with Crippen molar-refractivity contribution in [2.75, 3.05) is 12.8 Å². The van der Waals surface area contributed by atoms with Gasteiger partial charge < -0.3 is 15.0 Å². The Bertz CT molecular complexity index is 538. The molecule has 0 unspecified atom stereocenters. The van der Waals surface area contributed by atoms with Crippen molar-refractivity contribution in [1.29, 1.82) is 0 Å². The lowest BCUT2D eigenvalue weighted by atomic mass is 9.79. The van der Waals surface area contributed by atoms with Crippen LogP contribution in [0.5, 0.6) is 0 Å². The molecule has 1 fully saturated rings. The predicted octanol–water partition coefficient (Wildman–Crippen LogP) is 2.34. The number of anilines is 1. The SMILES string of the molecule is COC1(c2noc(-c3ccc(N)cc3)n2)CCC1. The van der Waals surface area contributed by atoms with Crippen molar-refractivity contribution in [1.82, 2.24) is 10.1 Å². The Balaban J connectivity index is 1.91. The maximum absolute atomic E-state index is 5.64. The first-order valence-corrected chi connectivity index (χ1v) is 5.99. The second-order valence-electron chi connectivity index (χ2n) is 4.60. The summed E-state index contributed by atoms with van der Waals surface area (Å²) in [6, 6.07) is 7.36. The topological polar surface area (TPSA) is 74.2 Å². The third-order valence-corrected chi connectivity index (χ3v) is 3.54. The normalized spacial score (nSPS) is 17.4. The number of nitrogens with two attached hydrogens (primary N) is 1. The van der Waals surface area contributed by atoms with E-state index in [2.05, 4.69) is 10.1 Å². The Morgan fingerprint density at radius 1 is 1.28 bits per heavy atom. The van der Waals surface area contributed by atoms with Crippen molar-refractivity contribution in [2.45, 2.75) is 24.9 Å². The van der Waals surface area contributed by atoms with Crippen LogP contribution in [-0.2, 0) is 10.3 Å². The average molecular weight is 245 g/mol. The molecule has 0 saturated heterocycles. The van der Waals surface area contributed by atoms with Gasteiger partial charge in [-0.25, -0.2) is 0 Å². The molecule has 3 rings (SSSR count). The second kappa shape index (κ2) is 4.10. The number of aromatic nitrogens is 2. The van der Waals surface area contributed by atoms with Crippen molar-refractivity contribution in [3.05, 3.63) is 30.1 Å². The maximum atomic E-state index is 5.64. The van der Waals surface area contributed by atoms with E-state index in [0.717, 1.165) is 24.8 Å². The van der Waals surface area contributed by atoms with Gasteiger partial charge in [-0.2, -0.15) is 4.98 Å². The highest BCUT2D eigenvalue weighted by molar-refractivity contribution is 5.57. The minimum absolute atomic E-state index is 0.338. The zero-order valence-corrected chi connectivity index (χ0v) is 10.2. The van der Waals surface area contributed by atoms with E-state index in [0.29, 0.717) is 17.4 Å². The highest BCUT2D eigenvalue weighted by Gasteiger charge is 2.43. The number of hydrogen-bond acceptors (Lipinski definition) is 5. The molecule has 1 aliphatic carbocycles. The molecule has 1 aromatic heterocycles. The summed E-state index contributed by atoms with van der Waals surface area (Å²) in [6.45, 7) is 0. The lowest BCUT2D eigenvalue weighted by Gasteiger charge is -2.37. The van der Waals surface area contributed by atoms with Crippen LogP contribution >= 0.6 is 0 Å². The third kappa shape index (κ3) is 1.67. The minimum atomic E-state index is -0.338. The van der Waals surface area contributed by atoms with Gasteiger partial charge in [0, 0.05) is 18.4 Å². The van der Waals surface area contributed by atoms with Crippen LogP contribution in [0.15, 0.2) is 28.8 Å². The molecule has 94 valence electrons. The van der Waals surface area contributed by atoms with Gasteiger partial charge in [-0.3, -0.25) is 0 Å². The van der Waals surface area contributed by atoms with Crippen molar-refractivity contribution in [2.24, 2.45) is 0 Å². The van der Waals surface area contributed by atoms with Crippen LogP contribution in [0.4, 0.5) is 5.69 Å². The highest BCUT2D eigenvalue weighted by Crippen LogP contribution is 2.43. The molecule has 0 amide bonds. The fraction of sp³-hybridized carbons (Fsp3) is 0.385. The van der Waals surface area contributed by atoms with Crippen molar-refractivity contribution >= 4 is 5.69 Å². The van der Waals surface area contributed by atoms with Gasteiger partial charge in [0.15, 0.2) is 0 Å². The quantitative estimate of drug-likeness (QED) is 0.840. The van der Waals surface area contributed by atoms with Crippen LogP contribution < -0.4 is 5.73 Å². The van der Waals surface area contributed by atoms with Gasteiger partial charge in [-0.1, -0.05) is 5.16 Å². The van der Waals surface area contributed by atoms with E-state index in [1.165, 1.54) is 0 Å². The van der Waals surface area contributed by atoms with E-state index in [-0.39, 0.29) is 5.60 Å². The molecule has 2 aromatic rings. The summed E-state index contributed by atoms with van der Waals surface area (Å²) in [5, 5.41) is 4.04. The fourth-order valence-corrected chi connectivity index (χ4v) is 2.17. The first-order chi connectivity index (χ1) is 8.73. The van der Waals surface area contributed by atoms with Gasteiger partial charge >= 0.3 is 0 Å². The summed E-state index contributed by atoms with van der Waals surface area (Å²) in [5.74, 6) is 1.15. The number of hydrogen-bond donors (Lipinski definition) is 1. The zero-order valence-electron chi connectivity index (χ0n) is 10.2. The Kier molecular flexibility index (Phi) is 2.56. The zero-order chi connectivity index (χ0) is 12.6. The van der Waals surface area contributed by atoms with Gasteiger partial charge in [0.05, 0.1) is 0 Å². The second-order valence-corrected chi connectivity index (χ2v) is 4.60. The third-order valence-electron chi connectivity index (χ3n) is 3.54. The summed E-state index contributed by atoms with van der Waals surface area (Å²) < 4.78 is 10.8. The van der Waals surface area contributed by atoms with E-state index in [4.69, 9.17) is 15.0 Å². The van der Waals surface area contributed by atoms with E-state index in [1.807, 2.05) is 24.3 Å². The van der Waals surface area contributed by atoms with Crippen LogP contribution in [0.3, 0.4) is 0 Å². The molecule has 1 aromatic carbocycles. The summed E-state index contributed by atoms with van der Waals surface area (Å²) in [5.41, 5.74) is 6.89. The first kappa shape index (κ1) is 11.2.